The van der Waals surface area contributed by atoms with E-state index in [4.69, 9.17) is 4.74 Å². The van der Waals surface area contributed by atoms with E-state index in [-0.39, 0.29) is 0 Å². The van der Waals surface area contributed by atoms with Crippen LogP contribution in [0, 0.1) is 0 Å². The second kappa shape index (κ2) is 5.88. The molecule has 8 nitrogen and oxygen atoms in total. The number of aromatic nitrogens is 6. The molecule has 110 valence electrons. The van der Waals surface area contributed by atoms with Gasteiger partial charge in [-0.3, -0.25) is 5.10 Å². The van der Waals surface area contributed by atoms with Crippen molar-refractivity contribution in [2.75, 3.05) is 25.6 Å². The molecule has 0 radical (unpaired) electrons. The van der Waals surface area contributed by atoms with Gasteiger partial charge in [-0.05, 0) is 13.0 Å². The lowest BCUT2D eigenvalue weighted by Gasteiger charge is -2.03. The van der Waals surface area contributed by atoms with Crippen LogP contribution in [-0.2, 0) is 11.3 Å². The molecule has 8 heteroatoms. The van der Waals surface area contributed by atoms with Crippen molar-refractivity contribution in [1.82, 2.24) is 30.2 Å². The molecule has 0 spiro atoms. The zero-order chi connectivity index (χ0) is 14.7. The van der Waals surface area contributed by atoms with Gasteiger partial charge in [0.15, 0.2) is 0 Å². The molecular weight excluding hydrogens is 270 g/mol. The van der Waals surface area contributed by atoms with Crippen LogP contribution in [0.4, 0.5) is 5.82 Å². The molecule has 3 aromatic heterocycles. The van der Waals surface area contributed by atoms with Crippen LogP contribution in [0.2, 0.25) is 0 Å². The van der Waals surface area contributed by atoms with Crippen molar-refractivity contribution >= 4 is 16.7 Å². The molecule has 0 aliphatic heterocycles. The third-order valence-electron chi connectivity index (χ3n) is 3.13. The summed E-state index contributed by atoms with van der Waals surface area (Å²) in [5.74, 6) is 0.796. The molecule has 0 aliphatic carbocycles. The van der Waals surface area contributed by atoms with E-state index in [1.807, 2.05) is 19.2 Å². The highest BCUT2D eigenvalue weighted by Gasteiger charge is 2.15. The van der Waals surface area contributed by atoms with Gasteiger partial charge in [-0.2, -0.15) is 5.10 Å². The molecule has 3 aromatic rings. The smallest absolute Gasteiger partial charge is 0.137 e. The van der Waals surface area contributed by atoms with Gasteiger partial charge in [-0.1, -0.05) is 5.21 Å². The lowest BCUT2D eigenvalue weighted by atomic mass is 10.2. The highest BCUT2D eigenvalue weighted by molar-refractivity contribution is 5.99. The van der Waals surface area contributed by atoms with Gasteiger partial charge >= 0.3 is 0 Å². The SMILES string of the molecule is CCNc1nccc2[nH]nc(-c3cn(CCOC)nn3)c12. The number of anilines is 1. The zero-order valence-electron chi connectivity index (χ0n) is 12.0. The van der Waals surface area contributed by atoms with E-state index < -0.39 is 0 Å². The summed E-state index contributed by atoms with van der Waals surface area (Å²) in [7, 11) is 1.66. The first-order chi connectivity index (χ1) is 10.3. The number of methoxy groups -OCH3 is 1. The summed E-state index contributed by atoms with van der Waals surface area (Å²) in [5.41, 5.74) is 2.38. The first-order valence-electron chi connectivity index (χ1n) is 6.80. The number of nitrogens with zero attached hydrogens (tertiary/aromatic N) is 5. The van der Waals surface area contributed by atoms with Crippen LogP contribution in [0.3, 0.4) is 0 Å². The number of hydrogen-bond donors (Lipinski definition) is 2. The van der Waals surface area contributed by atoms with Crippen LogP contribution in [0.1, 0.15) is 6.92 Å². The Morgan fingerprint density at radius 1 is 1.43 bits per heavy atom. The summed E-state index contributed by atoms with van der Waals surface area (Å²) in [6.07, 6.45) is 3.61. The largest absolute Gasteiger partial charge is 0.383 e. The van der Waals surface area contributed by atoms with Gasteiger partial charge < -0.3 is 10.1 Å². The number of pyridine rings is 1. The fraction of sp³-hybridized carbons (Fsp3) is 0.385. The van der Waals surface area contributed by atoms with Gasteiger partial charge in [0.1, 0.15) is 17.2 Å². The normalized spacial score (nSPS) is 11.1. The maximum absolute atomic E-state index is 5.04. The lowest BCUT2D eigenvalue weighted by Crippen LogP contribution is -2.04. The predicted octanol–water partition coefficient (Wildman–Crippen LogP) is 1.29. The molecule has 0 saturated carbocycles. The second-order valence-corrected chi connectivity index (χ2v) is 4.54. The van der Waals surface area contributed by atoms with Gasteiger partial charge in [0, 0.05) is 19.9 Å². The fourth-order valence-electron chi connectivity index (χ4n) is 2.15. The van der Waals surface area contributed by atoms with Crippen LogP contribution in [0.15, 0.2) is 18.5 Å². The number of ether oxygens (including phenoxy) is 1. The maximum Gasteiger partial charge on any atom is 0.137 e. The molecule has 0 fully saturated rings. The molecule has 0 atom stereocenters. The van der Waals surface area contributed by atoms with Gasteiger partial charge in [-0.15, -0.1) is 5.10 Å². The van der Waals surface area contributed by atoms with Crippen molar-refractivity contribution in [2.45, 2.75) is 13.5 Å². The third kappa shape index (κ3) is 2.57. The first kappa shape index (κ1) is 13.5. The van der Waals surface area contributed by atoms with E-state index in [0.29, 0.717) is 18.8 Å². The molecule has 0 aromatic carbocycles. The summed E-state index contributed by atoms with van der Waals surface area (Å²) < 4.78 is 6.78. The third-order valence-corrected chi connectivity index (χ3v) is 3.13. The fourth-order valence-corrected chi connectivity index (χ4v) is 2.15. The highest BCUT2D eigenvalue weighted by Crippen LogP contribution is 2.29. The number of nitrogens with one attached hydrogen (secondary N) is 2. The Morgan fingerprint density at radius 3 is 3.14 bits per heavy atom. The Kier molecular flexibility index (Phi) is 3.78. The summed E-state index contributed by atoms with van der Waals surface area (Å²) in [5, 5.41) is 19.8. The highest BCUT2D eigenvalue weighted by atomic mass is 16.5. The summed E-state index contributed by atoms with van der Waals surface area (Å²) >= 11 is 0. The molecule has 0 amide bonds. The lowest BCUT2D eigenvalue weighted by molar-refractivity contribution is 0.183. The minimum atomic E-state index is 0.592. The Balaban J connectivity index is 2.01. The van der Waals surface area contributed by atoms with E-state index in [2.05, 4.69) is 30.8 Å². The minimum Gasteiger partial charge on any atom is -0.383 e. The summed E-state index contributed by atoms with van der Waals surface area (Å²) in [6.45, 7) is 4.07. The quantitative estimate of drug-likeness (QED) is 0.709. The van der Waals surface area contributed by atoms with Crippen LogP contribution in [-0.4, -0.2) is 50.4 Å². The molecule has 0 saturated heterocycles. The average molecular weight is 287 g/mol. The molecule has 21 heavy (non-hydrogen) atoms. The molecule has 3 heterocycles. The van der Waals surface area contributed by atoms with Crippen LogP contribution in [0.5, 0.6) is 0 Å². The van der Waals surface area contributed by atoms with Crippen molar-refractivity contribution in [3.8, 4) is 11.4 Å². The molecule has 3 rings (SSSR count). The molecule has 0 unspecified atom stereocenters. The van der Waals surface area contributed by atoms with E-state index in [0.717, 1.165) is 29.0 Å². The van der Waals surface area contributed by atoms with Crippen LogP contribution in [0.25, 0.3) is 22.3 Å². The van der Waals surface area contributed by atoms with Crippen molar-refractivity contribution in [3.05, 3.63) is 18.5 Å². The molecule has 2 N–H and O–H groups in total. The van der Waals surface area contributed by atoms with E-state index >= 15 is 0 Å². The van der Waals surface area contributed by atoms with Crippen molar-refractivity contribution in [1.29, 1.82) is 0 Å². The Labute approximate surface area is 121 Å². The zero-order valence-corrected chi connectivity index (χ0v) is 12.0. The number of aromatic amines is 1. The van der Waals surface area contributed by atoms with Crippen molar-refractivity contribution in [3.63, 3.8) is 0 Å². The van der Waals surface area contributed by atoms with Gasteiger partial charge in [0.05, 0.1) is 30.3 Å². The molecule has 0 aliphatic rings. The Bertz CT molecular complexity index is 733. The summed E-state index contributed by atoms with van der Waals surface area (Å²) in [4.78, 5) is 4.37. The van der Waals surface area contributed by atoms with Gasteiger partial charge in [0.2, 0.25) is 0 Å². The molecular formula is C13H17N7O. The number of H-pyrrole nitrogens is 1. The molecule has 0 bridgehead atoms. The Hall–Kier alpha value is -2.48. The van der Waals surface area contributed by atoms with E-state index in [1.165, 1.54) is 0 Å². The first-order valence-corrected chi connectivity index (χ1v) is 6.80. The average Bonchev–Trinajstić information content (AvgIpc) is 3.12. The monoisotopic (exact) mass is 287 g/mol. The minimum absolute atomic E-state index is 0.592. The van der Waals surface area contributed by atoms with Gasteiger partial charge in [-0.25, -0.2) is 9.67 Å². The van der Waals surface area contributed by atoms with Crippen LogP contribution >= 0.6 is 0 Å². The standard InChI is InChI=1S/C13H17N7O/c1-3-14-13-11-9(4-5-15-13)16-18-12(11)10-8-20(19-17-10)6-7-21-2/h4-5,8H,3,6-7H2,1-2H3,(H,14,15)(H,16,18). The van der Waals surface area contributed by atoms with E-state index in [9.17, 15) is 0 Å². The predicted molar refractivity (Wildman–Crippen MR) is 78.9 cm³/mol. The number of rotatable bonds is 6. The number of fused-ring (bicyclic) bond motifs is 1. The van der Waals surface area contributed by atoms with Crippen molar-refractivity contribution in [2.24, 2.45) is 0 Å². The van der Waals surface area contributed by atoms with Gasteiger partial charge in [0.25, 0.3) is 0 Å². The van der Waals surface area contributed by atoms with Crippen molar-refractivity contribution < 1.29 is 4.74 Å². The topological polar surface area (TPSA) is 93.5 Å². The maximum atomic E-state index is 5.04. The number of hydrogen-bond acceptors (Lipinski definition) is 6. The Morgan fingerprint density at radius 2 is 2.33 bits per heavy atom. The van der Waals surface area contributed by atoms with Crippen LogP contribution < -0.4 is 5.32 Å². The second-order valence-electron chi connectivity index (χ2n) is 4.54. The van der Waals surface area contributed by atoms with E-state index in [1.54, 1.807) is 18.0 Å². The summed E-state index contributed by atoms with van der Waals surface area (Å²) in [6, 6.07) is 1.89.